The summed E-state index contributed by atoms with van der Waals surface area (Å²) in [5.41, 5.74) is 0. The summed E-state index contributed by atoms with van der Waals surface area (Å²) in [5.74, 6) is -3.25. The highest BCUT2D eigenvalue weighted by molar-refractivity contribution is 5.98. The predicted octanol–water partition coefficient (Wildman–Crippen LogP) is 0.685. The Kier molecular flexibility index (Phi) is 9.15. The molecular weight excluding hydrogens is 188 g/mol. The van der Waals surface area contributed by atoms with Crippen LogP contribution in [-0.4, -0.2) is 23.0 Å². The molecule has 0 radical (unpaired) electrons. The molecule has 5 nitrogen and oxygen atoms in total. The lowest BCUT2D eigenvalue weighted by Gasteiger charge is -1.91. The fourth-order valence-corrected chi connectivity index (χ4v) is 0.314. The van der Waals surface area contributed by atoms with Crippen LogP contribution in [0.4, 0.5) is 0 Å². The summed E-state index contributed by atoms with van der Waals surface area (Å²) in [5, 5.41) is 8.05. The van der Waals surface area contributed by atoms with Crippen molar-refractivity contribution in [1.82, 2.24) is 0 Å². The van der Waals surface area contributed by atoms with Crippen LogP contribution < -0.4 is 0 Å². The standard InChI is InChI=1S/C7H6O5.C2H4/c1-2-6(10)12-7(11)4-3-5(8)9;1-2/h2-4H,1H2,(H,8,9);1-2H2. The van der Waals surface area contributed by atoms with Crippen molar-refractivity contribution >= 4 is 17.9 Å². The molecule has 0 amide bonds. The van der Waals surface area contributed by atoms with E-state index >= 15 is 0 Å². The Labute approximate surface area is 81.0 Å². The van der Waals surface area contributed by atoms with Crippen molar-refractivity contribution in [2.75, 3.05) is 0 Å². The lowest BCUT2D eigenvalue weighted by atomic mass is 10.5. The molecule has 0 aliphatic heterocycles. The van der Waals surface area contributed by atoms with E-state index in [1.165, 1.54) is 0 Å². The molecule has 0 saturated carbocycles. The van der Waals surface area contributed by atoms with Crippen LogP contribution in [0.2, 0.25) is 0 Å². The summed E-state index contributed by atoms with van der Waals surface area (Å²) in [4.78, 5) is 30.7. The van der Waals surface area contributed by atoms with Gasteiger partial charge in [0.15, 0.2) is 0 Å². The Balaban J connectivity index is 0. The first kappa shape index (κ1) is 14.4. The average Bonchev–Trinajstić information content (AvgIpc) is 2.17. The molecule has 0 aromatic heterocycles. The third-order valence-corrected chi connectivity index (χ3v) is 0.730. The quantitative estimate of drug-likeness (QED) is 0.312. The van der Waals surface area contributed by atoms with Gasteiger partial charge >= 0.3 is 17.9 Å². The van der Waals surface area contributed by atoms with E-state index in [1.807, 2.05) is 0 Å². The number of hydrogen-bond acceptors (Lipinski definition) is 4. The average molecular weight is 198 g/mol. The van der Waals surface area contributed by atoms with Gasteiger partial charge < -0.3 is 9.84 Å². The number of rotatable bonds is 3. The van der Waals surface area contributed by atoms with Crippen LogP contribution in [0.3, 0.4) is 0 Å². The maximum atomic E-state index is 10.5. The minimum atomic E-state index is -1.29. The van der Waals surface area contributed by atoms with Gasteiger partial charge in [-0.05, 0) is 0 Å². The molecule has 0 heterocycles. The van der Waals surface area contributed by atoms with Crippen LogP contribution in [0.25, 0.3) is 0 Å². The van der Waals surface area contributed by atoms with Crippen molar-refractivity contribution in [2.45, 2.75) is 0 Å². The first-order valence-electron chi connectivity index (χ1n) is 3.35. The highest BCUT2D eigenvalue weighted by Gasteiger charge is 2.02. The summed E-state index contributed by atoms with van der Waals surface area (Å²) >= 11 is 0. The van der Waals surface area contributed by atoms with Gasteiger partial charge in [-0.3, -0.25) is 0 Å². The monoisotopic (exact) mass is 198 g/mol. The second kappa shape index (κ2) is 8.92. The number of carboxylic acid groups (broad SMARTS) is 1. The molecule has 0 unspecified atom stereocenters. The van der Waals surface area contributed by atoms with Crippen LogP contribution in [0, 0.1) is 0 Å². The van der Waals surface area contributed by atoms with Crippen molar-refractivity contribution in [2.24, 2.45) is 0 Å². The number of carboxylic acids is 1. The van der Waals surface area contributed by atoms with Crippen molar-refractivity contribution in [3.05, 3.63) is 38.0 Å². The normalized spacial score (nSPS) is 8.29. The van der Waals surface area contributed by atoms with Gasteiger partial charge in [0.25, 0.3) is 0 Å². The van der Waals surface area contributed by atoms with Gasteiger partial charge in [0.2, 0.25) is 0 Å². The van der Waals surface area contributed by atoms with E-state index in [0.717, 1.165) is 6.08 Å². The third kappa shape index (κ3) is 9.83. The molecule has 0 aliphatic carbocycles. The molecule has 0 fully saturated rings. The van der Waals surface area contributed by atoms with Crippen LogP contribution in [0.15, 0.2) is 38.0 Å². The van der Waals surface area contributed by atoms with Crippen molar-refractivity contribution < 1.29 is 24.2 Å². The van der Waals surface area contributed by atoms with E-state index in [1.54, 1.807) is 0 Å². The number of carbonyl (C=O) groups is 3. The molecule has 0 spiro atoms. The van der Waals surface area contributed by atoms with Crippen LogP contribution in [0.1, 0.15) is 0 Å². The molecule has 76 valence electrons. The van der Waals surface area contributed by atoms with E-state index in [2.05, 4.69) is 24.5 Å². The topological polar surface area (TPSA) is 80.7 Å². The molecule has 1 N–H and O–H groups in total. The fourth-order valence-electron chi connectivity index (χ4n) is 0.314. The van der Waals surface area contributed by atoms with E-state index in [4.69, 9.17) is 5.11 Å². The first-order valence-corrected chi connectivity index (χ1v) is 3.35. The molecule has 14 heavy (non-hydrogen) atoms. The van der Waals surface area contributed by atoms with Gasteiger partial charge in [-0.2, -0.15) is 0 Å². The maximum absolute atomic E-state index is 10.5. The predicted molar refractivity (Wildman–Crippen MR) is 49.3 cm³/mol. The zero-order chi connectivity index (χ0) is 11.6. The smallest absolute Gasteiger partial charge is 0.338 e. The van der Waals surface area contributed by atoms with Gasteiger partial charge in [-0.25, -0.2) is 14.4 Å². The minimum Gasteiger partial charge on any atom is -0.478 e. The summed E-state index contributed by atoms with van der Waals surface area (Å²) in [7, 11) is 0. The Morgan fingerprint density at radius 2 is 1.57 bits per heavy atom. The van der Waals surface area contributed by atoms with Crippen molar-refractivity contribution in [3.8, 4) is 0 Å². The van der Waals surface area contributed by atoms with E-state index in [-0.39, 0.29) is 0 Å². The third-order valence-electron chi connectivity index (χ3n) is 0.730. The van der Waals surface area contributed by atoms with Gasteiger partial charge in [-0.1, -0.05) is 6.58 Å². The zero-order valence-corrected chi connectivity index (χ0v) is 7.43. The molecule has 0 atom stereocenters. The van der Waals surface area contributed by atoms with E-state index in [9.17, 15) is 14.4 Å². The summed E-state index contributed by atoms with van der Waals surface area (Å²) in [6.07, 6.45) is 1.99. The number of aliphatic carboxylic acids is 1. The second-order valence-corrected chi connectivity index (χ2v) is 1.62. The van der Waals surface area contributed by atoms with Crippen molar-refractivity contribution in [1.29, 1.82) is 0 Å². The van der Waals surface area contributed by atoms with Gasteiger partial charge in [-0.15, -0.1) is 13.2 Å². The maximum Gasteiger partial charge on any atom is 0.338 e. The molecule has 0 aromatic carbocycles. The summed E-state index contributed by atoms with van der Waals surface area (Å²) < 4.78 is 4.00. The number of carbonyl (C=O) groups excluding carboxylic acids is 2. The molecule has 0 bridgehead atoms. The van der Waals surface area contributed by atoms with Gasteiger partial charge in [0.1, 0.15) is 0 Å². The van der Waals surface area contributed by atoms with Crippen LogP contribution >= 0.6 is 0 Å². The van der Waals surface area contributed by atoms with Gasteiger partial charge in [0, 0.05) is 18.2 Å². The largest absolute Gasteiger partial charge is 0.478 e. The number of esters is 2. The minimum absolute atomic E-state index is 0.568. The lowest BCUT2D eigenvalue weighted by Crippen LogP contribution is -2.07. The lowest BCUT2D eigenvalue weighted by molar-refractivity contribution is -0.152. The van der Waals surface area contributed by atoms with Crippen molar-refractivity contribution in [3.63, 3.8) is 0 Å². The van der Waals surface area contributed by atoms with Crippen LogP contribution in [-0.2, 0) is 19.1 Å². The zero-order valence-electron chi connectivity index (χ0n) is 7.43. The Hall–Kier alpha value is -2.17. The molecular formula is C9H10O5. The molecule has 5 heteroatoms. The first-order chi connectivity index (χ1) is 6.56. The molecule has 0 aliphatic rings. The summed E-state index contributed by atoms with van der Waals surface area (Å²) in [6, 6.07) is 0. The fraction of sp³-hybridized carbons (Fsp3) is 0. The second-order valence-electron chi connectivity index (χ2n) is 1.62. The number of hydrogen-bond donors (Lipinski definition) is 1. The van der Waals surface area contributed by atoms with E-state index in [0.29, 0.717) is 12.2 Å². The Morgan fingerprint density at radius 1 is 1.07 bits per heavy atom. The molecule has 0 saturated heterocycles. The Morgan fingerprint density at radius 3 is 1.93 bits per heavy atom. The number of ether oxygens (including phenoxy) is 1. The molecule has 0 rings (SSSR count). The highest BCUT2D eigenvalue weighted by atomic mass is 16.6. The van der Waals surface area contributed by atoms with E-state index < -0.39 is 17.9 Å². The summed E-state index contributed by atoms with van der Waals surface area (Å²) in [6.45, 7) is 9.04. The Bertz CT molecular complexity index is 264. The SMILES string of the molecule is C=C.C=CC(=O)OC(=O)C=CC(=O)O. The molecule has 0 aromatic rings. The van der Waals surface area contributed by atoms with Crippen LogP contribution in [0.5, 0.6) is 0 Å². The highest BCUT2D eigenvalue weighted by Crippen LogP contribution is 1.84. The van der Waals surface area contributed by atoms with Gasteiger partial charge in [0.05, 0.1) is 0 Å².